The van der Waals surface area contributed by atoms with E-state index >= 15 is 0 Å². The lowest BCUT2D eigenvalue weighted by atomic mass is 9.89. The first kappa shape index (κ1) is 19.8. The van der Waals surface area contributed by atoms with Crippen molar-refractivity contribution in [2.24, 2.45) is 4.99 Å². The predicted octanol–water partition coefficient (Wildman–Crippen LogP) is 3.89. The van der Waals surface area contributed by atoms with E-state index in [-0.39, 0.29) is 12.0 Å². The molecule has 1 aliphatic heterocycles. The van der Waals surface area contributed by atoms with Crippen LogP contribution in [0.25, 0.3) is 0 Å². The van der Waals surface area contributed by atoms with Gasteiger partial charge in [0.05, 0.1) is 17.6 Å². The number of amides is 1. The molecule has 1 amide bonds. The van der Waals surface area contributed by atoms with Crippen LogP contribution in [0.1, 0.15) is 50.7 Å². The Morgan fingerprint density at radius 3 is 2.77 bits per heavy atom. The van der Waals surface area contributed by atoms with E-state index in [1.54, 1.807) is 11.2 Å². The summed E-state index contributed by atoms with van der Waals surface area (Å²) in [5, 5.41) is 9.45. The SMILES string of the molecule is CN(C)C=Nc1ccc(C2CCCN(C(=O)OC(C)(C)C)C2)cc1C#N. The molecule has 0 bridgehead atoms. The highest BCUT2D eigenvalue weighted by Crippen LogP contribution is 2.31. The van der Waals surface area contributed by atoms with Crippen LogP contribution < -0.4 is 0 Å². The molecule has 0 radical (unpaired) electrons. The Morgan fingerprint density at radius 1 is 1.42 bits per heavy atom. The van der Waals surface area contributed by atoms with Gasteiger partial charge in [-0.1, -0.05) is 6.07 Å². The molecule has 0 spiro atoms. The lowest BCUT2D eigenvalue weighted by Crippen LogP contribution is -2.42. The van der Waals surface area contributed by atoms with Crippen molar-refractivity contribution >= 4 is 18.1 Å². The summed E-state index contributed by atoms with van der Waals surface area (Å²) < 4.78 is 5.49. The molecule has 0 aliphatic carbocycles. The zero-order chi connectivity index (χ0) is 19.3. The van der Waals surface area contributed by atoms with Gasteiger partial charge in [-0.3, -0.25) is 0 Å². The first-order valence-electron chi connectivity index (χ1n) is 8.92. The molecule has 1 unspecified atom stereocenters. The molecular formula is C20H28N4O2. The average Bonchev–Trinajstić information content (AvgIpc) is 2.58. The zero-order valence-corrected chi connectivity index (χ0v) is 16.3. The number of aliphatic imine (C=N–C) groups is 1. The highest BCUT2D eigenvalue weighted by Gasteiger charge is 2.28. The van der Waals surface area contributed by atoms with Crippen molar-refractivity contribution in [1.29, 1.82) is 5.26 Å². The summed E-state index contributed by atoms with van der Waals surface area (Å²) in [4.78, 5) is 20.3. The number of carbonyl (C=O) groups excluding carboxylic acids is 1. The first-order valence-corrected chi connectivity index (χ1v) is 8.92. The standard InChI is InChI=1S/C20H28N4O2/c1-20(2,3)26-19(25)24-10-6-7-16(13-24)15-8-9-18(17(11-15)12-21)22-14-23(4)5/h8-9,11,14,16H,6-7,10,13H2,1-5H3. The molecule has 1 heterocycles. The van der Waals surface area contributed by atoms with Crippen LogP contribution in [0.5, 0.6) is 0 Å². The van der Waals surface area contributed by atoms with E-state index in [9.17, 15) is 10.1 Å². The molecule has 1 atom stereocenters. The van der Waals surface area contributed by atoms with E-state index in [1.807, 2.05) is 58.0 Å². The summed E-state index contributed by atoms with van der Waals surface area (Å²) in [5.74, 6) is 0.204. The minimum Gasteiger partial charge on any atom is -0.444 e. The normalized spacial score (nSPS) is 17.8. The average molecular weight is 356 g/mol. The Hall–Kier alpha value is -2.55. The van der Waals surface area contributed by atoms with Crippen LogP contribution in [0.15, 0.2) is 23.2 Å². The second kappa shape index (κ2) is 8.22. The quantitative estimate of drug-likeness (QED) is 0.608. The topological polar surface area (TPSA) is 68.9 Å². The maximum Gasteiger partial charge on any atom is 0.410 e. The number of carbonyl (C=O) groups is 1. The highest BCUT2D eigenvalue weighted by atomic mass is 16.6. The van der Waals surface area contributed by atoms with Crippen molar-refractivity contribution in [1.82, 2.24) is 9.80 Å². The van der Waals surface area contributed by atoms with Gasteiger partial charge in [0.25, 0.3) is 0 Å². The number of hydrogen-bond acceptors (Lipinski definition) is 4. The fraction of sp³-hybridized carbons (Fsp3) is 0.550. The fourth-order valence-corrected chi connectivity index (χ4v) is 2.93. The molecule has 1 fully saturated rings. The molecule has 1 saturated heterocycles. The number of nitrogens with zero attached hydrogens (tertiary/aromatic N) is 4. The van der Waals surface area contributed by atoms with E-state index in [4.69, 9.17) is 4.74 Å². The predicted molar refractivity (Wildman–Crippen MR) is 103 cm³/mol. The third-order valence-corrected chi connectivity index (χ3v) is 4.11. The molecule has 1 aliphatic rings. The number of piperidine rings is 1. The van der Waals surface area contributed by atoms with Crippen molar-refractivity contribution in [3.05, 3.63) is 29.3 Å². The third-order valence-electron chi connectivity index (χ3n) is 4.11. The Balaban J connectivity index is 2.15. The summed E-state index contributed by atoms with van der Waals surface area (Å²) in [6, 6.07) is 8.00. The van der Waals surface area contributed by atoms with E-state index in [0.29, 0.717) is 24.3 Å². The molecule has 0 aromatic heterocycles. The van der Waals surface area contributed by atoms with Gasteiger partial charge in [0.15, 0.2) is 0 Å². The van der Waals surface area contributed by atoms with Crippen LogP contribution in [0.4, 0.5) is 10.5 Å². The third kappa shape index (κ3) is 5.48. The summed E-state index contributed by atoms with van der Waals surface area (Å²) >= 11 is 0. The minimum atomic E-state index is -0.496. The van der Waals surface area contributed by atoms with Gasteiger partial charge in [-0.15, -0.1) is 0 Å². The molecular weight excluding hydrogens is 328 g/mol. The monoisotopic (exact) mass is 356 g/mol. The van der Waals surface area contributed by atoms with Crippen molar-refractivity contribution in [3.8, 4) is 6.07 Å². The van der Waals surface area contributed by atoms with E-state index < -0.39 is 5.60 Å². The van der Waals surface area contributed by atoms with Gasteiger partial charge in [-0.25, -0.2) is 9.79 Å². The van der Waals surface area contributed by atoms with Gasteiger partial charge in [0.2, 0.25) is 0 Å². The van der Waals surface area contributed by atoms with Crippen LogP contribution in [-0.2, 0) is 4.74 Å². The Labute approximate surface area is 156 Å². The first-order chi connectivity index (χ1) is 12.2. The maximum absolute atomic E-state index is 12.3. The van der Waals surface area contributed by atoms with Gasteiger partial charge >= 0.3 is 6.09 Å². The van der Waals surface area contributed by atoms with Crippen LogP contribution >= 0.6 is 0 Å². The second-order valence-electron chi connectivity index (χ2n) is 7.86. The fourth-order valence-electron chi connectivity index (χ4n) is 2.93. The lowest BCUT2D eigenvalue weighted by molar-refractivity contribution is 0.0198. The van der Waals surface area contributed by atoms with Crippen molar-refractivity contribution in [2.75, 3.05) is 27.2 Å². The van der Waals surface area contributed by atoms with Gasteiger partial charge in [-0.05, 0) is 51.3 Å². The van der Waals surface area contributed by atoms with Crippen LogP contribution in [0.3, 0.4) is 0 Å². The number of likely N-dealkylation sites (tertiary alicyclic amines) is 1. The summed E-state index contributed by atoms with van der Waals surface area (Å²) in [6.07, 6.45) is 3.33. The molecule has 1 aromatic carbocycles. The van der Waals surface area contributed by atoms with Gasteiger partial charge < -0.3 is 14.5 Å². The minimum absolute atomic E-state index is 0.204. The van der Waals surface area contributed by atoms with E-state index in [1.165, 1.54) is 0 Å². The van der Waals surface area contributed by atoms with Crippen LogP contribution in [0, 0.1) is 11.3 Å². The number of nitriles is 1. The molecule has 140 valence electrons. The summed E-state index contributed by atoms with van der Waals surface area (Å²) in [6.45, 7) is 6.94. The largest absolute Gasteiger partial charge is 0.444 e. The summed E-state index contributed by atoms with van der Waals surface area (Å²) in [7, 11) is 3.77. The number of benzene rings is 1. The van der Waals surface area contributed by atoms with Crippen molar-refractivity contribution < 1.29 is 9.53 Å². The van der Waals surface area contributed by atoms with Gasteiger partial charge in [-0.2, -0.15) is 5.26 Å². The number of ether oxygens (including phenoxy) is 1. The van der Waals surface area contributed by atoms with E-state index in [0.717, 1.165) is 18.4 Å². The number of rotatable bonds is 3. The summed E-state index contributed by atoms with van der Waals surface area (Å²) in [5.41, 5.74) is 1.78. The Kier molecular flexibility index (Phi) is 6.25. The molecule has 26 heavy (non-hydrogen) atoms. The van der Waals surface area contributed by atoms with E-state index in [2.05, 4.69) is 11.1 Å². The molecule has 0 saturated carbocycles. The Bertz CT molecular complexity index is 714. The van der Waals surface area contributed by atoms with Crippen molar-refractivity contribution in [3.63, 3.8) is 0 Å². The van der Waals surface area contributed by atoms with Gasteiger partial charge in [0, 0.05) is 33.1 Å². The molecule has 6 nitrogen and oxygen atoms in total. The highest BCUT2D eigenvalue weighted by molar-refractivity contribution is 5.68. The number of hydrogen-bond donors (Lipinski definition) is 0. The van der Waals surface area contributed by atoms with Crippen molar-refractivity contribution in [2.45, 2.75) is 45.1 Å². The smallest absolute Gasteiger partial charge is 0.410 e. The molecule has 0 N–H and O–H groups in total. The molecule has 6 heteroatoms. The van der Waals surface area contributed by atoms with Crippen LogP contribution in [0.2, 0.25) is 0 Å². The molecule has 2 rings (SSSR count). The lowest BCUT2D eigenvalue weighted by Gasteiger charge is -2.34. The zero-order valence-electron chi connectivity index (χ0n) is 16.3. The molecule has 1 aromatic rings. The van der Waals surface area contributed by atoms with Crippen LogP contribution in [-0.4, -0.2) is 55.0 Å². The Morgan fingerprint density at radius 2 is 2.15 bits per heavy atom. The van der Waals surface area contributed by atoms with Gasteiger partial charge in [0.1, 0.15) is 11.7 Å². The second-order valence-corrected chi connectivity index (χ2v) is 7.86. The maximum atomic E-state index is 12.3.